The van der Waals surface area contributed by atoms with Gasteiger partial charge in [-0.25, -0.2) is 13.8 Å². The lowest BCUT2D eigenvalue weighted by molar-refractivity contribution is -0.137. The van der Waals surface area contributed by atoms with E-state index >= 15 is 0 Å². The second-order valence-corrected chi connectivity index (χ2v) is 10.6. The molecule has 0 radical (unpaired) electrons. The molecule has 3 aromatic rings. The molecule has 0 spiro atoms. The van der Waals surface area contributed by atoms with E-state index in [0.717, 1.165) is 0 Å². The molecule has 2 N–H and O–H groups in total. The first-order valence-corrected chi connectivity index (χ1v) is 13.6. The first-order chi connectivity index (χ1) is 19.4. The normalized spacial score (nSPS) is 23.4. The quantitative estimate of drug-likeness (QED) is 0.458. The average molecular weight is 555 g/mol. The second kappa shape index (κ2) is 11.0. The van der Waals surface area contributed by atoms with Crippen LogP contribution in [0.15, 0.2) is 30.3 Å². The minimum Gasteiger partial charge on any atom is -0.378 e. The zero-order valence-corrected chi connectivity index (χ0v) is 22.2. The highest BCUT2D eigenvalue weighted by atomic mass is 19.3. The first kappa shape index (κ1) is 26.4. The van der Waals surface area contributed by atoms with Crippen LogP contribution in [0.1, 0.15) is 37.9 Å². The van der Waals surface area contributed by atoms with Gasteiger partial charge in [0.1, 0.15) is 11.6 Å². The Hall–Kier alpha value is -3.87. The van der Waals surface area contributed by atoms with E-state index in [0.29, 0.717) is 87.1 Å². The van der Waals surface area contributed by atoms with E-state index in [9.17, 15) is 18.4 Å². The number of morpholine rings is 1. The summed E-state index contributed by atoms with van der Waals surface area (Å²) in [5.41, 5.74) is 1.00. The van der Waals surface area contributed by atoms with E-state index < -0.39 is 6.43 Å². The molecule has 1 saturated carbocycles. The number of carbonyl (C=O) groups excluding carboxylic acids is 2. The molecule has 6 rings (SSSR count). The van der Waals surface area contributed by atoms with Gasteiger partial charge in [0.05, 0.1) is 30.2 Å². The number of alkyl halides is 2. The number of nitrogens with zero attached hydrogens (tertiary/aromatic N) is 6. The number of piperidine rings is 1. The predicted octanol–water partition coefficient (Wildman–Crippen LogP) is 2.52. The van der Waals surface area contributed by atoms with Crippen LogP contribution in [0.3, 0.4) is 0 Å². The molecule has 2 aliphatic heterocycles. The topological polar surface area (TPSA) is 118 Å². The van der Waals surface area contributed by atoms with Crippen molar-refractivity contribution in [1.29, 1.82) is 0 Å². The summed E-state index contributed by atoms with van der Waals surface area (Å²) >= 11 is 0. The molecule has 1 unspecified atom stereocenters. The van der Waals surface area contributed by atoms with Crippen LogP contribution in [0.25, 0.3) is 16.9 Å². The Labute approximate surface area is 229 Å². The third-order valence-corrected chi connectivity index (χ3v) is 7.84. The summed E-state index contributed by atoms with van der Waals surface area (Å²) in [6, 6.07) is 8.74. The van der Waals surface area contributed by atoms with E-state index in [-0.39, 0.29) is 35.6 Å². The van der Waals surface area contributed by atoms with Crippen LogP contribution in [-0.4, -0.2) is 88.2 Å². The Morgan fingerprint density at radius 3 is 2.62 bits per heavy atom. The van der Waals surface area contributed by atoms with E-state index in [4.69, 9.17) is 9.72 Å². The maximum absolute atomic E-state index is 14.1. The molecule has 3 fully saturated rings. The van der Waals surface area contributed by atoms with Crippen molar-refractivity contribution in [3.05, 3.63) is 36.2 Å². The molecule has 4 heterocycles. The highest BCUT2D eigenvalue weighted by Crippen LogP contribution is 2.31. The fourth-order valence-electron chi connectivity index (χ4n) is 5.56. The van der Waals surface area contributed by atoms with Crippen molar-refractivity contribution in [1.82, 2.24) is 29.7 Å². The molecule has 2 amide bonds. The number of aromatic nitrogens is 4. The molecular weight excluding hydrogens is 522 g/mol. The number of ether oxygens (including phenoxy) is 1. The van der Waals surface area contributed by atoms with Crippen LogP contribution >= 0.6 is 0 Å². The molecular formula is C27H32F2N8O3. The van der Waals surface area contributed by atoms with Crippen LogP contribution in [-0.2, 0) is 14.3 Å². The lowest BCUT2D eigenvalue weighted by Crippen LogP contribution is -2.53. The number of imidazole rings is 1. The Kier molecular flexibility index (Phi) is 7.22. The molecule has 1 aromatic carbocycles. The lowest BCUT2D eigenvalue weighted by Gasteiger charge is -2.38. The number of rotatable bonds is 7. The summed E-state index contributed by atoms with van der Waals surface area (Å²) in [5, 5.41) is 6.52. The van der Waals surface area contributed by atoms with E-state index in [1.165, 1.54) is 4.57 Å². The number of likely N-dealkylation sites (tertiary alicyclic amines) is 1. The molecule has 11 nitrogen and oxygen atoms in total. The Bertz CT molecular complexity index is 1400. The van der Waals surface area contributed by atoms with Crippen LogP contribution in [0, 0.1) is 5.92 Å². The maximum Gasteiger partial charge on any atom is 0.296 e. The lowest BCUT2D eigenvalue weighted by atomic mass is 9.85. The number of hydrogen-bond acceptors (Lipinski definition) is 8. The summed E-state index contributed by atoms with van der Waals surface area (Å²) in [5.74, 6) is 0.746. The van der Waals surface area contributed by atoms with Crippen LogP contribution in [0.5, 0.6) is 0 Å². The summed E-state index contributed by atoms with van der Waals surface area (Å²) < 4.78 is 35.0. The van der Waals surface area contributed by atoms with Gasteiger partial charge in [-0.05, 0) is 31.4 Å². The molecule has 2 saturated heterocycles. The smallest absolute Gasteiger partial charge is 0.296 e. The minimum atomic E-state index is -2.79. The zero-order chi connectivity index (χ0) is 27.8. The first-order valence-electron chi connectivity index (χ1n) is 13.6. The molecule has 3 aliphatic rings. The number of halogens is 2. The molecule has 1 aliphatic carbocycles. The number of benzene rings is 1. The van der Waals surface area contributed by atoms with Gasteiger partial charge < -0.3 is 25.2 Å². The zero-order valence-electron chi connectivity index (χ0n) is 22.2. The number of amides is 2. The third-order valence-electron chi connectivity index (χ3n) is 7.84. The monoisotopic (exact) mass is 554 g/mol. The molecule has 0 bridgehead atoms. The van der Waals surface area contributed by atoms with Gasteiger partial charge in [0, 0.05) is 51.3 Å². The van der Waals surface area contributed by atoms with Crippen LogP contribution in [0.4, 0.5) is 20.5 Å². The second-order valence-electron chi connectivity index (χ2n) is 10.6. The van der Waals surface area contributed by atoms with Crippen molar-refractivity contribution in [2.45, 2.75) is 44.2 Å². The number of para-hydroxylation sites is 2. The largest absolute Gasteiger partial charge is 0.378 e. The number of anilines is 2. The summed E-state index contributed by atoms with van der Waals surface area (Å²) in [6.45, 7) is 2.68. The fourth-order valence-corrected chi connectivity index (χ4v) is 5.56. The standard InChI is InChI=1S/C27H32F2N8O3/c1-35-15-16(6-7-23(35)38)26(39)31-18-12-17(13-18)30-21-14-22(34-27(33-21)36-8-10-40-11-9-36)37-20-5-3-2-4-19(20)32-25(37)24(28)29/h2-5,14,16-18,24H,6-13,15H2,1H3,(H,31,39)(H,30,33,34). The van der Waals surface area contributed by atoms with Crippen LogP contribution in [0.2, 0.25) is 0 Å². The number of hydrogen-bond donors (Lipinski definition) is 2. The van der Waals surface area contributed by atoms with E-state index in [1.807, 2.05) is 4.90 Å². The predicted molar refractivity (Wildman–Crippen MR) is 144 cm³/mol. The average Bonchev–Trinajstić information content (AvgIpc) is 3.34. The van der Waals surface area contributed by atoms with E-state index in [1.54, 1.807) is 42.3 Å². The van der Waals surface area contributed by atoms with Gasteiger partial charge in [-0.2, -0.15) is 9.97 Å². The summed E-state index contributed by atoms with van der Waals surface area (Å²) in [7, 11) is 1.73. The number of nitrogens with one attached hydrogen (secondary N) is 2. The summed E-state index contributed by atoms with van der Waals surface area (Å²) in [4.78, 5) is 41.6. The van der Waals surface area contributed by atoms with Gasteiger partial charge in [0.25, 0.3) is 6.43 Å². The van der Waals surface area contributed by atoms with Crippen molar-refractivity contribution in [2.24, 2.45) is 5.92 Å². The van der Waals surface area contributed by atoms with Crippen LogP contribution < -0.4 is 15.5 Å². The third kappa shape index (κ3) is 5.29. The Balaban J connectivity index is 1.21. The van der Waals surface area contributed by atoms with E-state index in [2.05, 4.69) is 20.6 Å². The van der Waals surface area contributed by atoms with Gasteiger partial charge >= 0.3 is 0 Å². The number of fused-ring (bicyclic) bond motifs is 1. The molecule has 2 aromatic heterocycles. The number of carbonyl (C=O) groups is 2. The van der Waals surface area contributed by atoms with Gasteiger partial charge in [-0.3, -0.25) is 14.2 Å². The van der Waals surface area contributed by atoms with Crippen molar-refractivity contribution in [3.8, 4) is 5.82 Å². The fraction of sp³-hybridized carbons (Fsp3) is 0.519. The Morgan fingerprint density at radius 1 is 1.10 bits per heavy atom. The highest BCUT2D eigenvalue weighted by molar-refractivity contribution is 5.84. The van der Waals surface area contributed by atoms with Gasteiger partial charge in [0.2, 0.25) is 17.8 Å². The molecule has 1 atom stereocenters. The van der Waals surface area contributed by atoms with Crippen molar-refractivity contribution in [3.63, 3.8) is 0 Å². The Morgan fingerprint density at radius 2 is 1.88 bits per heavy atom. The van der Waals surface area contributed by atoms with Gasteiger partial charge in [0.15, 0.2) is 5.82 Å². The summed E-state index contributed by atoms with van der Waals surface area (Å²) in [6.07, 6.45) is -0.416. The SMILES string of the molecule is CN1CC(C(=O)NC2CC(Nc3cc(-n4c(C(F)F)nc5ccccc54)nc(N4CCOCC4)n3)C2)CCC1=O. The molecule has 40 heavy (non-hydrogen) atoms. The minimum absolute atomic E-state index is 0.0201. The van der Waals surface area contributed by atoms with Gasteiger partial charge in [-0.15, -0.1) is 0 Å². The van der Waals surface area contributed by atoms with Crippen molar-refractivity contribution < 1.29 is 23.1 Å². The van der Waals surface area contributed by atoms with Crippen molar-refractivity contribution >= 4 is 34.6 Å². The molecule has 13 heteroatoms. The molecule has 212 valence electrons. The van der Waals surface area contributed by atoms with Crippen molar-refractivity contribution in [2.75, 3.05) is 50.1 Å². The maximum atomic E-state index is 14.1. The van der Waals surface area contributed by atoms with Gasteiger partial charge in [-0.1, -0.05) is 12.1 Å². The highest BCUT2D eigenvalue weighted by Gasteiger charge is 2.35.